The Morgan fingerprint density at radius 2 is 1.60 bits per heavy atom. The minimum Gasteiger partial charge on any atom is -0.497 e. The SMILES string of the molecule is COc1ccc(-c2cc(=O)c3c(OC4OC(CO)C(O)C(O)C4O)c(OC)c(OC)cc3o2)cc1. The van der Waals surface area contributed by atoms with E-state index >= 15 is 0 Å². The molecular formula is C24H26O11. The average Bonchev–Trinajstić information content (AvgIpc) is 2.88. The Kier molecular flexibility index (Phi) is 7.15. The van der Waals surface area contributed by atoms with Gasteiger partial charge in [-0.15, -0.1) is 0 Å². The van der Waals surface area contributed by atoms with Crippen molar-refractivity contribution in [3.05, 3.63) is 46.6 Å². The third kappa shape index (κ3) is 4.51. The van der Waals surface area contributed by atoms with Gasteiger partial charge in [-0.2, -0.15) is 0 Å². The highest BCUT2D eigenvalue weighted by molar-refractivity contribution is 5.90. The number of rotatable bonds is 7. The summed E-state index contributed by atoms with van der Waals surface area (Å²) in [5, 5.41) is 40.0. The maximum atomic E-state index is 13.3. The fourth-order valence-electron chi connectivity index (χ4n) is 3.88. The molecule has 0 bridgehead atoms. The normalized spacial score (nSPS) is 24.3. The summed E-state index contributed by atoms with van der Waals surface area (Å²) in [6.07, 6.45) is -7.72. The van der Waals surface area contributed by atoms with Crippen molar-refractivity contribution < 1.29 is 48.5 Å². The van der Waals surface area contributed by atoms with Crippen molar-refractivity contribution in [2.45, 2.75) is 30.7 Å². The number of benzene rings is 2. The summed E-state index contributed by atoms with van der Waals surface area (Å²) in [5.74, 6) is 0.923. The van der Waals surface area contributed by atoms with Crippen LogP contribution in [-0.4, -0.2) is 79.1 Å². The van der Waals surface area contributed by atoms with Crippen molar-refractivity contribution >= 4 is 11.0 Å². The van der Waals surface area contributed by atoms with E-state index in [0.29, 0.717) is 11.3 Å². The maximum absolute atomic E-state index is 13.3. The zero-order valence-corrected chi connectivity index (χ0v) is 19.2. The molecule has 0 amide bonds. The molecule has 1 aliphatic rings. The van der Waals surface area contributed by atoms with Crippen LogP contribution in [0.3, 0.4) is 0 Å². The zero-order valence-electron chi connectivity index (χ0n) is 19.2. The second-order valence-electron chi connectivity index (χ2n) is 7.83. The lowest BCUT2D eigenvalue weighted by molar-refractivity contribution is -0.277. The molecule has 2 heterocycles. The Balaban J connectivity index is 1.84. The second-order valence-corrected chi connectivity index (χ2v) is 7.83. The molecule has 35 heavy (non-hydrogen) atoms. The minimum atomic E-state index is -1.70. The van der Waals surface area contributed by atoms with Gasteiger partial charge in [0.05, 0.1) is 27.9 Å². The quantitative estimate of drug-likeness (QED) is 0.369. The summed E-state index contributed by atoms with van der Waals surface area (Å²) in [7, 11) is 4.26. The van der Waals surface area contributed by atoms with E-state index in [-0.39, 0.29) is 34.0 Å². The largest absolute Gasteiger partial charge is 0.497 e. The van der Waals surface area contributed by atoms with E-state index in [1.54, 1.807) is 31.4 Å². The Morgan fingerprint density at radius 1 is 0.886 bits per heavy atom. The minimum absolute atomic E-state index is 0.0152. The van der Waals surface area contributed by atoms with E-state index in [2.05, 4.69) is 0 Å². The van der Waals surface area contributed by atoms with E-state index in [1.165, 1.54) is 26.4 Å². The number of hydrogen-bond acceptors (Lipinski definition) is 11. The summed E-state index contributed by atoms with van der Waals surface area (Å²) < 4.78 is 33.2. The van der Waals surface area contributed by atoms with E-state index in [1.807, 2.05) is 0 Å². The molecule has 11 nitrogen and oxygen atoms in total. The van der Waals surface area contributed by atoms with Crippen LogP contribution in [0.2, 0.25) is 0 Å². The number of methoxy groups -OCH3 is 3. The molecule has 5 atom stereocenters. The van der Waals surface area contributed by atoms with Crippen LogP contribution in [-0.2, 0) is 4.74 Å². The van der Waals surface area contributed by atoms with Gasteiger partial charge in [0.15, 0.2) is 16.9 Å². The van der Waals surface area contributed by atoms with Crippen LogP contribution in [0.25, 0.3) is 22.3 Å². The van der Waals surface area contributed by atoms with Crippen molar-refractivity contribution in [1.29, 1.82) is 0 Å². The third-order valence-electron chi connectivity index (χ3n) is 5.78. The Bertz CT molecular complexity index is 1230. The topological polar surface area (TPSA) is 157 Å². The smallest absolute Gasteiger partial charge is 0.229 e. The maximum Gasteiger partial charge on any atom is 0.229 e. The highest BCUT2D eigenvalue weighted by Gasteiger charge is 2.45. The molecule has 1 aromatic heterocycles. The van der Waals surface area contributed by atoms with Crippen LogP contribution in [0.5, 0.6) is 23.0 Å². The molecule has 3 aromatic rings. The fourth-order valence-corrected chi connectivity index (χ4v) is 3.88. The van der Waals surface area contributed by atoms with Gasteiger partial charge in [-0.1, -0.05) is 0 Å². The van der Waals surface area contributed by atoms with Gasteiger partial charge in [0.25, 0.3) is 0 Å². The van der Waals surface area contributed by atoms with Gasteiger partial charge >= 0.3 is 0 Å². The third-order valence-corrected chi connectivity index (χ3v) is 5.78. The highest BCUT2D eigenvalue weighted by atomic mass is 16.7. The molecule has 1 fully saturated rings. The number of aliphatic hydroxyl groups is 4. The molecule has 11 heteroatoms. The standard InChI is InChI=1S/C24H26O11/c1-30-12-6-4-11(5-7-12)14-8-13(26)18-15(33-14)9-16(31-2)22(32-3)23(18)35-24-21(29)20(28)19(27)17(10-25)34-24/h4-9,17,19-21,24-25,27-29H,10H2,1-3H3. The fraction of sp³-hybridized carbons (Fsp3) is 0.375. The van der Waals surface area contributed by atoms with Crippen molar-refractivity contribution in [3.63, 3.8) is 0 Å². The van der Waals surface area contributed by atoms with Crippen molar-refractivity contribution in [2.24, 2.45) is 0 Å². The van der Waals surface area contributed by atoms with Crippen LogP contribution < -0.4 is 24.4 Å². The first kappa shape index (κ1) is 24.8. The molecule has 0 spiro atoms. The Morgan fingerprint density at radius 3 is 2.20 bits per heavy atom. The van der Waals surface area contributed by atoms with Gasteiger partial charge < -0.3 is 48.5 Å². The molecule has 1 aliphatic heterocycles. The number of fused-ring (bicyclic) bond motifs is 1. The molecular weight excluding hydrogens is 464 g/mol. The first-order valence-electron chi connectivity index (χ1n) is 10.7. The molecule has 4 N–H and O–H groups in total. The van der Waals surface area contributed by atoms with Gasteiger partial charge in [0, 0.05) is 17.7 Å². The molecule has 5 unspecified atom stereocenters. The van der Waals surface area contributed by atoms with Gasteiger partial charge in [-0.05, 0) is 24.3 Å². The number of hydrogen-bond donors (Lipinski definition) is 4. The zero-order chi connectivity index (χ0) is 25.3. The monoisotopic (exact) mass is 490 g/mol. The van der Waals surface area contributed by atoms with Crippen LogP contribution in [0, 0.1) is 0 Å². The van der Waals surface area contributed by atoms with Gasteiger partial charge in [0.1, 0.15) is 46.9 Å². The lowest BCUT2D eigenvalue weighted by Crippen LogP contribution is -2.60. The van der Waals surface area contributed by atoms with Gasteiger partial charge in [-0.3, -0.25) is 4.79 Å². The van der Waals surface area contributed by atoms with Crippen molar-refractivity contribution in [2.75, 3.05) is 27.9 Å². The van der Waals surface area contributed by atoms with E-state index in [4.69, 9.17) is 28.1 Å². The molecule has 2 aromatic carbocycles. The van der Waals surface area contributed by atoms with Crippen LogP contribution in [0.1, 0.15) is 0 Å². The predicted molar refractivity (Wildman–Crippen MR) is 122 cm³/mol. The van der Waals surface area contributed by atoms with Crippen molar-refractivity contribution in [1.82, 2.24) is 0 Å². The summed E-state index contributed by atoms with van der Waals surface area (Å²) in [5.41, 5.74) is 0.231. The summed E-state index contributed by atoms with van der Waals surface area (Å²) in [4.78, 5) is 13.3. The van der Waals surface area contributed by atoms with Crippen LogP contribution in [0.15, 0.2) is 45.6 Å². The van der Waals surface area contributed by atoms with Crippen LogP contribution >= 0.6 is 0 Å². The Hall–Kier alpha value is -3.35. The summed E-state index contributed by atoms with van der Waals surface area (Å²) in [6, 6.07) is 9.65. The molecule has 188 valence electrons. The van der Waals surface area contributed by atoms with Gasteiger partial charge in [0.2, 0.25) is 12.0 Å². The molecule has 0 radical (unpaired) electrons. The van der Waals surface area contributed by atoms with Crippen LogP contribution in [0.4, 0.5) is 0 Å². The lowest BCUT2D eigenvalue weighted by Gasteiger charge is -2.39. The average molecular weight is 490 g/mol. The van der Waals surface area contributed by atoms with E-state index < -0.39 is 42.7 Å². The number of aliphatic hydroxyl groups excluding tert-OH is 4. The lowest BCUT2D eigenvalue weighted by atomic mass is 9.99. The Labute approximate surface area is 199 Å². The highest BCUT2D eigenvalue weighted by Crippen LogP contribution is 2.44. The van der Waals surface area contributed by atoms with Crippen molar-refractivity contribution in [3.8, 4) is 34.3 Å². The van der Waals surface area contributed by atoms with E-state index in [9.17, 15) is 25.2 Å². The summed E-state index contributed by atoms with van der Waals surface area (Å²) >= 11 is 0. The number of ether oxygens (including phenoxy) is 5. The molecule has 0 saturated carbocycles. The second kappa shape index (κ2) is 10.1. The van der Waals surface area contributed by atoms with E-state index in [0.717, 1.165) is 0 Å². The predicted octanol–water partition coefficient (Wildman–Crippen LogP) is 0.664. The van der Waals surface area contributed by atoms with Gasteiger partial charge in [-0.25, -0.2) is 0 Å². The summed E-state index contributed by atoms with van der Waals surface area (Å²) in [6.45, 7) is -0.645. The first-order chi connectivity index (χ1) is 16.8. The first-order valence-corrected chi connectivity index (χ1v) is 10.7. The molecule has 1 saturated heterocycles. The molecule has 0 aliphatic carbocycles. The molecule has 4 rings (SSSR count).